The Morgan fingerprint density at radius 3 is 2.78 bits per heavy atom. The smallest absolute Gasteiger partial charge is 0.373 e. The normalized spacial score (nSPS) is 15.4. The van der Waals surface area contributed by atoms with Gasteiger partial charge in [-0.2, -0.15) is 0 Å². The van der Waals surface area contributed by atoms with Gasteiger partial charge in [-0.3, -0.25) is 9.69 Å². The molecule has 0 aliphatic carbocycles. The van der Waals surface area contributed by atoms with Gasteiger partial charge in [0.15, 0.2) is 11.5 Å². The van der Waals surface area contributed by atoms with Crippen LogP contribution >= 0.6 is 11.6 Å². The number of carbonyl (C=O) groups excluding carboxylic acids is 3. The summed E-state index contributed by atoms with van der Waals surface area (Å²) in [5.74, 6) is 0.759. The highest BCUT2D eigenvalue weighted by Gasteiger charge is 2.34. The van der Waals surface area contributed by atoms with Crippen molar-refractivity contribution >= 4 is 35.6 Å². The number of hydrogen-bond acceptors (Lipinski definition) is 8. The van der Waals surface area contributed by atoms with E-state index in [1.54, 1.807) is 24.3 Å². The second-order valence-corrected chi connectivity index (χ2v) is 8.23. The third kappa shape index (κ3) is 4.71. The zero-order chi connectivity index (χ0) is 25.2. The number of nitrogens with zero attached hydrogens (tertiary/aromatic N) is 1. The van der Waals surface area contributed by atoms with Crippen molar-refractivity contribution in [2.45, 2.75) is 13.2 Å². The van der Waals surface area contributed by atoms with Crippen molar-refractivity contribution in [1.29, 1.82) is 0 Å². The predicted molar refractivity (Wildman–Crippen MR) is 125 cm³/mol. The molecule has 0 spiro atoms. The standard InChI is InChI=1S/C25H19ClN2O8/c1-32-24(30)21-7-4-17(36-21)11-28-23(29)18(27-25(28)31)10-15-9-16(26)3-6-19(15)33-12-14-2-5-20-22(8-14)35-13-34-20/h2-10H,11-13H2,1H3,(H,27,31)/b18-10-. The number of fused-ring (bicyclic) bond motifs is 1. The van der Waals surface area contributed by atoms with Crippen molar-refractivity contribution in [3.63, 3.8) is 0 Å². The van der Waals surface area contributed by atoms with Crippen LogP contribution in [0, 0.1) is 0 Å². The van der Waals surface area contributed by atoms with E-state index in [4.69, 9.17) is 30.2 Å². The van der Waals surface area contributed by atoms with Crippen molar-refractivity contribution < 1.29 is 37.7 Å². The third-order valence-corrected chi connectivity index (χ3v) is 5.66. The Morgan fingerprint density at radius 1 is 1.11 bits per heavy atom. The second kappa shape index (κ2) is 9.67. The highest BCUT2D eigenvalue weighted by Crippen LogP contribution is 2.33. The van der Waals surface area contributed by atoms with Gasteiger partial charge >= 0.3 is 12.0 Å². The lowest BCUT2D eigenvalue weighted by Gasteiger charge is -2.11. The van der Waals surface area contributed by atoms with Crippen LogP contribution in [-0.4, -0.2) is 36.7 Å². The van der Waals surface area contributed by atoms with E-state index in [2.05, 4.69) is 10.1 Å². The molecule has 184 valence electrons. The topological polar surface area (TPSA) is 117 Å². The van der Waals surface area contributed by atoms with E-state index in [1.807, 2.05) is 12.1 Å². The minimum Gasteiger partial charge on any atom is -0.488 e. The number of ether oxygens (including phenoxy) is 4. The fraction of sp³-hybridized carbons (Fsp3) is 0.160. The molecule has 0 radical (unpaired) electrons. The van der Waals surface area contributed by atoms with E-state index in [-0.39, 0.29) is 37.2 Å². The van der Waals surface area contributed by atoms with Crippen LogP contribution in [0.4, 0.5) is 4.79 Å². The molecule has 1 saturated heterocycles. The maximum atomic E-state index is 12.9. The van der Waals surface area contributed by atoms with E-state index in [0.717, 1.165) is 10.5 Å². The molecule has 2 aliphatic heterocycles. The molecule has 10 nitrogen and oxygen atoms in total. The first-order chi connectivity index (χ1) is 17.4. The summed E-state index contributed by atoms with van der Waals surface area (Å²) in [4.78, 5) is 38.0. The minimum absolute atomic E-state index is 0.0292. The Balaban J connectivity index is 1.32. The van der Waals surface area contributed by atoms with Gasteiger partial charge in [0, 0.05) is 10.6 Å². The lowest BCUT2D eigenvalue weighted by molar-refractivity contribution is -0.123. The number of imide groups is 1. The molecular weight excluding hydrogens is 492 g/mol. The van der Waals surface area contributed by atoms with Gasteiger partial charge in [0.2, 0.25) is 12.6 Å². The summed E-state index contributed by atoms with van der Waals surface area (Å²) in [6.45, 7) is 0.238. The molecule has 0 unspecified atom stereocenters. The van der Waals surface area contributed by atoms with Crippen LogP contribution in [0.25, 0.3) is 6.08 Å². The molecule has 2 aromatic carbocycles. The van der Waals surface area contributed by atoms with Crippen LogP contribution in [0.2, 0.25) is 5.02 Å². The Hall–Kier alpha value is -4.44. The van der Waals surface area contributed by atoms with E-state index in [1.165, 1.54) is 25.3 Å². The van der Waals surface area contributed by atoms with Gasteiger partial charge in [0.1, 0.15) is 23.8 Å². The summed E-state index contributed by atoms with van der Waals surface area (Å²) in [6.07, 6.45) is 1.49. The highest BCUT2D eigenvalue weighted by molar-refractivity contribution is 6.30. The fourth-order valence-electron chi connectivity index (χ4n) is 3.66. The lowest BCUT2D eigenvalue weighted by atomic mass is 10.1. The largest absolute Gasteiger partial charge is 0.488 e. The number of esters is 1. The number of urea groups is 1. The van der Waals surface area contributed by atoms with Crippen molar-refractivity contribution in [1.82, 2.24) is 10.2 Å². The molecule has 11 heteroatoms. The predicted octanol–water partition coefficient (Wildman–Crippen LogP) is 4.12. The number of carbonyl (C=O) groups is 3. The van der Waals surface area contributed by atoms with Crippen LogP contribution in [0.5, 0.6) is 17.2 Å². The van der Waals surface area contributed by atoms with E-state index < -0.39 is 17.9 Å². The average Bonchev–Trinajstić information content (AvgIpc) is 3.59. The number of halogens is 1. The number of methoxy groups -OCH3 is 1. The maximum absolute atomic E-state index is 12.9. The lowest BCUT2D eigenvalue weighted by Crippen LogP contribution is -2.30. The highest BCUT2D eigenvalue weighted by atomic mass is 35.5. The van der Waals surface area contributed by atoms with Crippen LogP contribution in [0.3, 0.4) is 0 Å². The molecular formula is C25H19ClN2O8. The van der Waals surface area contributed by atoms with E-state index >= 15 is 0 Å². The van der Waals surface area contributed by atoms with Crippen molar-refractivity contribution in [3.8, 4) is 17.2 Å². The van der Waals surface area contributed by atoms with E-state index in [0.29, 0.717) is 27.8 Å². The molecule has 36 heavy (non-hydrogen) atoms. The summed E-state index contributed by atoms with van der Waals surface area (Å²) in [5.41, 5.74) is 1.39. The molecule has 2 aliphatic rings. The first-order valence-corrected chi connectivity index (χ1v) is 11.1. The number of rotatable bonds is 7. The summed E-state index contributed by atoms with van der Waals surface area (Å²) < 4.78 is 26.7. The number of furan rings is 1. The molecule has 3 amide bonds. The quantitative estimate of drug-likeness (QED) is 0.286. The van der Waals surface area contributed by atoms with Crippen molar-refractivity contribution in [3.05, 3.63) is 81.9 Å². The monoisotopic (exact) mass is 510 g/mol. The van der Waals surface area contributed by atoms with Gasteiger partial charge < -0.3 is 28.7 Å². The van der Waals surface area contributed by atoms with Gasteiger partial charge in [-0.25, -0.2) is 9.59 Å². The summed E-state index contributed by atoms with van der Waals surface area (Å²) in [6, 6.07) is 12.7. The maximum Gasteiger partial charge on any atom is 0.373 e. The fourth-order valence-corrected chi connectivity index (χ4v) is 3.84. The zero-order valence-electron chi connectivity index (χ0n) is 18.9. The van der Waals surface area contributed by atoms with Crippen LogP contribution < -0.4 is 19.5 Å². The SMILES string of the molecule is COC(=O)c1ccc(CN2C(=O)N/C(=C\c3cc(Cl)ccc3OCc3ccc4c(c3)OCO4)C2=O)o1. The van der Waals surface area contributed by atoms with Gasteiger partial charge in [0.25, 0.3) is 5.91 Å². The van der Waals surface area contributed by atoms with Crippen molar-refractivity contribution in [2.24, 2.45) is 0 Å². The molecule has 1 aromatic heterocycles. The summed E-state index contributed by atoms with van der Waals surface area (Å²) >= 11 is 6.18. The molecule has 3 aromatic rings. The van der Waals surface area contributed by atoms with Gasteiger partial charge in [-0.15, -0.1) is 0 Å². The van der Waals surface area contributed by atoms with Gasteiger partial charge in [-0.05, 0) is 54.1 Å². The third-order valence-electron chi connectivity index (χ3n) is 5.43. The van der Waals surface area contributed by atoms with Crippen molar-refractivity contribution in [2.75, 3.05) is 13.9 Å². The summed E-state index contributed by atoms with van der Waals surface area (Å²) in [7, 11) is 1.22. The number of nitrogens with one attached hydrogen (secondary N) is 1. The van der Waals surface area contributed by atoms with Gasteiger partial charge in [-0.1, -0.05) is 17.7 Å². The molecule has 0 saturated carbocycles. The minimum atomic E-state index is -0.659. The molecule has 1 N–H and O–H groups in total. The van der Waals surface area contributed by atoms with Crippen LogP contribution in [0.1, 0.15) is 27.4 Å². The van der Waals surface area contributed by atoms with Gasteiger partial charge in [0.05, 0.1) is 13.7 Å². The summed E-state index contributed by atoms with van der Waals surface area (Å²) in [5, 5.41) is 2.98. The van der Waals surface area contributed by atoms with Crippen LogP contribution in [-0.2, 0) is 22.7 Å². The number of amides is 3. The first kappa shape index (κ1) is 23.3. The molecule has 5 rings (SSSR count). The van der Waals surface area contributed by atoms with E-state index in [9.17, 15) is 14.4 Å². The molecule has 0 bridgehead atoms. The Kier molecular flexibility index (Phi) is 6.26. The number of benzene rings is 2. The molecule has 1 fully saturated rings. The number of hydrogen-bond donors (Lipinski definition) is 1. The molecule has 3 heterocycles. The Bertz CT molecular complexity index is 1400. The van der Waals surface area contributed by atoms with Crippen LogP contribution in [0.15, 0.2) is 58.6 Å². The second-order valence-electron chi connectivity index (χ2n) is 7.80. The molecule has 0 atom stereocenters. The Morgan fingerprint density at radius 2 is 1.94 bits per heavy atom. The first-order valence-electron chi connectivity index (χ1n) is 10.7. The zero-order valence-corrected chi connectivity index (χ0v) is 19.7. The Labute approximate surface area is 209 Å². The average molecular weight is 511 g/mol.